The fraction of sp³-hybridized carbons (Fsp3) is 0.357. The summed E-state index contributed by atoms with van der Waals surface area (Å²) in [5.41, 5.74) is 0.194. The van der Waals surface area contributed by atoms with Crippen LogP contribution in [0.15, 0.2) is 29.3 Å². The number of nitro groups is 1. The van der Waals surface area contributed by atoms with Crippen molar-refractivity contribution in [2.24, 2.45) is 4.99 Å². The lowest BCUT2D eigenvalue weighted by molar-refractivity contribution is -0.384. The largest absolute Gasteiger partial charge is 0.383 e. The molecule has 1 fully saturated rings. The first-order chi connectivity index (χ1) is 11.5. The van der Waals surface area contributed by atoms with Crippen molar-refractivity contribution in [3.8, 4) is 0 Å². The Kier molecular flexibility index (Phi) is 6.27. The third-order valence-corrected chi connectivity index (χ3v) is 4.16. The number of carbonyl (C=O) groups is 2. The Hall–Kier alpha value is -2.46. The molecule has 0 saturated carbocycles. The van der Waals surface area contributed by atoms with Crippen LogP contribution in [0, 0.1) is 10.1 Å². The van der Waals surface area contributed by atoms with Crippen LogP contribution < -0.4 is 10.6 Å². The van der Waals surface area contributed by atoms with E-state index in [1.54, 1.807) is 13.2 Å². The van der Waals surface area contributed by atoms with Crippen LogP contribution in [-0.4, -0.2) is 47.4 Å². The molecule has 9 nitrogen and oxygen atoms in total. The van der Waals surface area contributed by atoms with E-state index in [-0.39, 0.29) is 18.0 Å². The lowest BCUT2D eigenvalue weighted by atomic mass is 10.2. The van der Waals surface area contributed by atoms with Gasteiger partial charge in [0.05, 0.1) is 18.1 Å². The van der Waals surface area contributed by atoms with Crippen LogP contribution in [0.2, 0.25) is 0 Å². The summed E-state index contributed by atoms with van der Waals surface area (Å²) in [6, 6.07) is 5.62. The van der Waals surface area contributed by atoms with Crippen molar-refractivity contribution >= 4 is 40.1 Å². The minimum Gasteiger partial charge on any atom is -0.383 e. The number of methoxy groups -OCH3 is 1. The molecule has 1 aliphatic rings. The van der Waals surface area contributed by atoms with Gasteiger partial charge in [-0.3, -0.25) is 24.7 Å². The molecule has 1 aromatic rings. The normalized spacial score (nSPS) is 18.5. The molecule has 0 bridgehead atoms. The zero-order valence-electron chi connectivity index (χ0n) is 12.9. The number of non-ortho nitro benzene ring substituents is 1. The molecular formula is C14H16N4O5S. The zero-order chi connectivity index (χ0) is 17.5. The van der Waals surface area contributed by atoms with Crippen LogP contribution in [0.1, 0.15) is 6.42 Å². The van der Waals surface area contributed by atoms with Gasteiger partial charge in [-0.05, 0) is 6.07 Å². The number of nitrogens with zero attached hydrogens (tertiary/aromatic N) is 2. The molecule has 24 heavy (non-hydrogen) atoms. The summed E-state index contributed by atoms with van der Waals surface area (Å²) in [6.07, 6.45) is -0.0531. The van der Waals surface area contributed by atoms with E-state index in [2.05, 4.69) is 15.6 Å². The Labute approximate surface area is 142 Å². The quantitative estimate of drug-likeness (QED) is 0.431. The highest BCUT2D eigenvalue weighted by Gasteiger charge is 2.31. The van der Waals surface area contributed by atoms with Crippen molar-refractivity contribution in [1.29, 1.82) is 0 Å². The number of amidine groups is 1. The minimum atomic E-state index is -0.579. The molecule has 0 radical (unpaired) electrons. The fourth-order valence-electron chi connectivity index (χ4n) is 1.93. The molecule has 1 unspecified atom stereocenters. The fourth-order valence-corrected chi connectivity index (χ4v) is 2.93. The smallest absolute Gasteiger partial charge is 0.271 e. The molecule has 0 spiro atoms. The summed E-state index contributed by atoms with van der Waals surface area (Å²) in [7, 11) is 1.56. The Balaban J connectivity index is 1.90. The van der Waals surface area contributed by atoms with Crippen LogP contribution >= 0.6 is 11.8 Å². The maximum atomic E-state index is 12.0. The number of aliphatic imine (C=N–C) groups is 1. The summed E-state index contributed by atoms with van der Waals surface area (Å²) < 4.78 is 4.87. The van der Waals surface area contributed by atoms with Gasteiger partial charge in [-0.15, -0.1) is 0 Å². The summed E-state index contributed by atoms with van der Waals surface area (Å²) >= 11 is 1.18. The zero-order valence-corrected chi connectivity index (χ0v) is 13.7. The van der Waals surface area contributed by atoms with E-state index in [4.69, 9.17) is 4.74 Å². The Morgan fingerprint density at radius 3 is 3.04 bits per heavy atom. The number of rotatable bonds is 7. The van der Waals surface area contributed by atoms with Gasteiger partial charge >= 0.3 is 0 Å². The molecular weight excluding hydrogens is 336 g/mol. The predicted octanol–water partition coefficient (Wildman–Crippen LogP) is 1.16. The van der Waals surface area contributed by atoms with E-state index in [1.165, 1.54) is 30.0 Å². The minimum absolute atomic E-state index is 0.0531. The number of nitrogens with one attached hydrogen (secondary N) is 2. The lowest BCUT2D eigenvalue weighted by Crippen LogP contribution is -2.28. The highest BCUT2D eigenvalue weighted by molar-refractivity contribution is 8.15. The number of ether oxygens (including phenoxy) is 1. The van der Waals surface area contributed by atoms with Crippen LogP contribution in [0.3, 0.4) is 0 Å². The number of amides is 2. The standard InChI is InChI=1S/C14H16N4O5S/c1-23-6-5-15-14-17-13(20)11(24-14)8-12(19)16-9-3-2-4-10(7-9)18(21)22/h2-4,7,11H,5-6,8H2,1H3,(H,16,19)(H,15,17,20). The van der Waals surface area contributed by atoms with Crippen molar-refractivity contribution in [3.05, 3.63) is 34.4 Å². The second kappa shape index (κ2) is 8.41. The molecule has 1 aliphatic heterocycles. The van der Waals surface area contributed by atoms with E-state index in [0.29, 0.717) is 24.0 Å². The maximum absolute atomic E-state index is 12.0. The number of hydrogen-bond acceptors (Lipinski definition) is 7. The lowest BCUT2D eigenvalue weighted by Gasteiger charge is -2.07. The number of thioether (sulfide) groups is 1. The van der Waals surface area contributed by atoms with Gasteiger partial charge in [0.1, 0.15) is 5.25 Å². The molecule has 128 valence electrons. The van der Waals surface area contributed by atoms with Gasteiger partial charge in [0.15, 0.2) is 5.17 Å². The number of benzene rings is 1. The molecule has 1 saturated heterocycles. The molecule has 10 heteroatoms. The average Bonchev–Trinajstić information content (AvgIpc) is 2.87. The Morgan fingerprint density at radius 1 is 1.54 bits per heavy atom. The van der Waals surface area contributed by atoms with Crippen LogP contribution in [0.5, 0.6) is 0 Å². The van der Waals surface area contributed by atoms with Crippen molar-refractivity contribution in [3.63, 3.8) is 0 Å². The van der Waals surface area contributed by atoms with E-state index < -0.39 is 16.1 Å². The SMILES string of the molecule is COCCN=C1NC(=O)C(CC(=O)Nc2cccc([N+](=O)[O-])c2)S1. The topological polar surface area (TPSA) is 123 Å². The number of hydrogen-bond donors (Lipinski definition) is 2. The van der Waals surface area contributed by atoms with Gasteiger partial charge in [-0.2, -0.15) is 0 Å². The monoisotopic (exact) mass is 352 g/mol. The molecule has 2 rings (SSSR count). The summed E-state index contributed by atoms with van der Waals surface area (Å²) in [5.74, 6) is -0.688. The van der Waals surface area contributed by atoms with E-state index in [1.807, 2.05) is 0 Å². The van der Waals surface area contributed by atoms with Gasteiger partial charge in [-0.25, -0.2) is 0 Å². The first-order valence-corrected chi connectivity index (χ1v) is 7.93. The van der Waals surface area contributed by atoms with Crippen molar-refractivity contribution in [2.45, 2.75) is 11.7 Å². The highest BCUT2D eigenvalue weighted by Crippen LogP contribution is 2.23. The Morgan fingerprint density at radius 2 is 2.33 bits per heavy atom. The van der Waals surface area contributed by atoms with Gasteiger partial charge in [0.2, 0.25) is 11.8 Å². The van der Waals surface area contributed by atoms with Crippen LogP contribution in [0.25, 0.3) is 0 Å². The molecule has 1 atom stereocenters. The molecule has 0 aliphatic carbocycles. The van der Waals surface area contributed by atoms with Crippen LogP contribution in [0.4, 0.5) is 11.4 Å². The van der Waals surface area contributed by atoms with E-state index in [0.717, 1.165) is 0 Å². The maximum Gasteiger partial charge on any atom is 0.271 e. The van der Waals surface area contributed by atoms with E-state index in [9.17, 15) is 19.7 Å². The van der Waals surface area contributed by atoms with Crippen molar-refractivity contribution in [2.75, 3.05) is 25.6 Å². The third kappa shape index (κ3) is 5.03. The first kappa shape index (κ1) is 17.9. The summed E-state index contributed by atoms with van der Waals surface area (Å²) in [5, 5.41) is 15.8. The third-order valence-electron chi connectivity index (χ3n) is 3.04. The van der Waals surface area contributed by atoms with Crippen molar-refractivity contribution < 1.29 is 19.2 Å². The van der Waals surface area contributed by atoms with Gasteiger partial charge in [0, 0.05) is 31.4 Å². The number of anilines is 1. The summed E-state index contributed by atoms with van der Waals surface area (Å²) in [6.45, 7) is 0.865. The van der Waals surface area contributed by atoms with Crippen molar-refractivity contribution in [1.82, 2.24) is 5.32 Å². The number of nitro benzene ring substituents is 1. The summed E-state index contributed by atoms with van der Waals surface area (Å²) in [4.78, 5) is 38.2. The second-order valence-electron chi connectivity index (χ2n) is 4.84. The highest BCUT2D eigenvalue weighted by atomic mass is 32.2. The number of carbonyl (C=O) groups excluding carboxylic acids is 2. The van der Waals surface area contributed by atoms with Gasteiger partial charge in [0.25, 0.3) is 5.69 Å². The first-order valence-electron chi connectivity index (χ1n) is 7.05. The van der Waals surface area contributed by atoms with Gasteiger partial charge < -0.3 is 15.4 Å². The molecule has 1 heterocycles. The average molecular weight is 352 g/mol. The molecule has 2 N–H and O–H groups in total. The van der Waals surface area contributed by atoms with Gasteiger partial charge in [-0.1, -0.05) is 17.8 Å². The van der Waals surface area contributed by atoms with Crippen LogP contribution in [-0.2, 0) is 14.3 Å². The molecule has 0 aromatic heterocycles. The predicted molar refractivity (Wildman–Crippen MR) is 90.0 cm³/mol. The Bertz CT molecular complexity index is 679. The van der Waals surface area contributed by atoms with E-state index >= 15 is 0 Å². The second-order valence-corrected chi connectivity index (χ2v) is 6.03. The molecule has 1 aromatic carbocycles. The molecule has 2 amide bonds.